The van der Waals surface area contributed by atoms with Crippen LogP contribution in [0.2, 0.25) is 0 Å². The third-order valence-electron chi connectivity index (χ3n) is 4.79. The van der Waals surface area contributed by atoms with Crippen LogP contribution < -0.4 is 5.32 Å². The van der Waals surface area contributed by atoms with Crippen molar-refractivity contribution >= 4 is 11.9 Å². The molecule has 142 valence electrons. The third-order valence-corrected chi connectivity index (χ3v) is 4.79. The molecule has 3 rings (SSSR count). The minimum absolute atomic E-state index is 0.0591. The SMILES string of the molecule is COC(=O)[C@H](NC(=O)Cc1ccc2c(c1)CCCC2)c1ccc(F)cc1F. The largest absolute Gasteiger partial charge is 0.467 e. The predicted octanol–water partition coefficient (Wildman–Crippen LogP) is 3.42. The highest BCUT2D eigenvalue weighted by molar-refractivity contribution is 5.86. The van der Waals surface area contributed by atoms with Gasteiger partial charge in [-0.1, -0.05) is 24.3 Å². The summed E-state index contributed by atoms with van der Waals surface area (Å²) < 4.78 is 31.9. The lowest BCUT2D eigenvalue weighted by Crippen LogP contribution is -2.36. The number of methoxy groups -OCH3 is 1. The zero-order valence-corrected chi connectivity index (χ0v) is 15.1. The maximum atomic E-state index is 14.1. The first-order chi connectivity index (χ1) is 13.0. The molecule has 0 saturated heterocycles. The molecule has 0 unspecified atom stereocenters. The van der Waals surface area contributed by atoms with E-state index in [0.29, 0.717) is 6.07 Å². The van der Waals surface area contributed by atoms with E-state index in [-0.39, 0.29) is 12.0 Å². The van der Waals surface area contributed by atoms with Gasteiger partial charge >= 0.3 is 5.97 Å². The van der Waals surface area contributed by atoms with Crippen molar-refractivity contribution < 1.29 is 23.1 Å². The molecule has 0 fully saturated rings. The molecule has 4 nitrogen and oxygen atoms in total. The van der Waals surface area contributed by atoms with Gasteiger partial charge in [-0.3, -0.25) is 4.79 Å². The van der Waals surface area contributed by atoms with Crippen LogP contribution in [0.4, 0.5) is 8.78 Å². The molecule has 0 aliphatic heterocycles. The summed E-state index contributed by atoms with van der Waals surface area (Å²) in [6.07, 6.45) is 4.42. The highest BCUT2D eigenvalue weighted by Gasteiger charge is 2.27. The molecule has 27 heavy (non-hydrogen) atoms. The molecule has 2 aromatic carbocycles. The van der Waals surface area contributed by atoms with Gasteiger partial charge in [-0.05, 0) is 48.4 Å². The number of aryl methyl sites for hydroxylation is 2. The Morgan fingerprint density at radius 1 is 1.07 bits per heavy atom. The van der Waals surface area contributed by atoms with E-state index < -0.39 is 29.6 Å². The summed E-state index contributed by atoms with van der Waals surface area (Å²) in [4.78, 5) is 24.5. The van der Waals surface area contributed by atoms with Gasteiger partial charge in [-0.15, -0.1) is 0 Å². The van der Waals surface area contributed by atoms with Crippen molar-refractivity contribution in [2.75, 3.05) is 7.11 Å². The van der Waals surface area contributed by atoms with E-state index in [9.17, 15) is 18.4 Å². The second kappa shape index (κ2) is 8.29. The summed E-state index contributed by atoms with van der Waals surface area (Å²) in [5, 5.41) is 2.50. The van der Waals surface area contributed by atoms with Gasteiger partial charge in [0.2, 0.25) is 5.91 Å². The van der Waals surface area contributed by atoms with E-state index in [4.69, 9.17) is 0 Å². The highest BCUT2D eigenvalue weighted by Crippen LogP contribution is 2.23. The fourth-order valence-corrected chi connectivity index (χ4v) is 3.41. The molecule has 0 saturated carbocycles. The molecule has 0 aromatic heterocycles. The van der Waals surface area contributed by atoms with Crippen molar-refractivity contribution in [2.45, 2.75) is 38.1 Å². The number of fused-ring (bicyclic) bond motifs is 1. The molecule has 0 radical (unpaired) electrons. The van der Waals surface area contributed by atoms with Gasteiger partial charge in [0.25, 0.3) is 0 Å². The first-order valence-corrected chi connectivity index (χ1v) is 8.90. The second-order valence-corrected chi connectivity index (χ2v) is 6.68. The van der Waals surface area contributed by atoms with Crippen molar-refractivity contribution in [2.24, 2.45) is 0 Å². The van der Waals surface area contributed by atoms with Crippen molar-refractivity contribution in [3.8, 4) is 0 Å². The van der Waals surface area contributed by atoms with Crippen molar-refractivity contribution in [1.82, 2.24) is 5.32 Å². The lowest BCUT2D eigenvalue weighted by molar-refractivity contribution is -0.145. The molecule has 0 heterocycles. The zero-order chi connectivity index (χ0) is 19.4. The summed E-state index contributed by atoms with van der Waals surface area (Å²) in [7, 11) is 1.15. The second-order valence-electron chi connectivity index (χ2n) is 6.68. The van der Waals surface area contributed by atoms with Gasteiger partial charge < -0.3 is 10.1 Å². The topological polar surface area (TPSA) is 55.4 Å². The van der Waals surface area contributed by atoms with Crippen LogP contribution in [-0.2, 0) is 33.6 Å². The Kier molecular flexibility index (Phi) is 5.84. The van der Waals surface area contributed by atoms with E-state index in [0.717, 1.165) is 44.1 Å². The Labute approximate surface area is 156 Å². The number of carbonyl (C=O) groups is 2. The maximum absolute atomic E-state index is 14.1. The van der Waals surface area contributed by atoms with E-state index in [1.165, 1.54) is 17.5 Å². The molecule has 6 heteroatoms. The highest BCUT2D eigenvalue weighted by atomic mass is 19.1. The number of hydrogen-bond acceptors (Lipinski definition) is 3. The van der Waals surface area contributed by atoms with Crippen molar-refractivity contribution in [3.05, 3.63) is 70.3 Å². The number of nitrogens with one attached hydrogen (secondary N) is 1. The first kappa shape index (κ1) is 19.0. The van der Waals surface area contributed by atoms with Gasteiger partial charge in [0.1, 0.15) is 11.6 Å². The summed E-state index contributed by atoms with van der Waals surface area (Å²) >= 11 is 0. The standard InChI is InChI=1S/C21H21F2NO3/c1-27-21(26)20(17-9-8-16(22)12-18(17)23)24-19(25)11-13-6-7-14-4-2-3-5-15(14)10-13/h6-10,12,20H,2-5,11H2,1H3,(H,24,25)/t20-/m1/s1. The molecule has 1 atom stereocenters. The quantitative estimate of drug-likeness (QED) is 0.817. The normalized spacial score (nSPS) is 14.2. The molecule has 1 aliphatic carbocycles. The van der Waals surface area contributed by atoms with E-state index in [1.807, 2.05) is 18.2 Å². The van der Waals surface area contributed by atoms with Crippen LogP contribution in [0.1, 0.15) is 41.1 Å². The first-order valence-electron chi connectivity index (χ1n) is 8.90. The Morgan fingerprint density at radius 3 is 2.52 bits per heavy atom. The van der Waals surface area contributed by atoms with Gasteiger partial charge in [0, 0.05) is 11.6 Å². The fraction of sp³-hybridized carbons (Fsp3) is 0.333. The number of hydrogen-bond donors (Lipinski definition) is 1. The van der Waals surface area contributed by atoms with Gasteiger partial charge in [0.05, 0.1) is 13.5 Å². The zero-order valence-electron chi connectivity index (χ0n) is 15.1. The summed E-state index contributed by atoms with van der Waals surface area (Å²) in [6.45, 7) is 0. The minimum Gasteiger partial charge on any atom is -0.467 e. The molecule has 0 bridgehead atoms. The Morgan fingerprint density at radius 2 is 1.81 bits per heavy atom. The van der Waals surface area contributed by atoms with Crippen molar-refractivity contribution in [1.29, 1.82) is 0 Å². The average molecular weight is 373 g/mol. The lowest BCUT2D eigenvalue weighted by atomic mass is 9.90. The number of esters is 1. The lowest BCUT2D eigenvalue weighted by Gasteiger charge is -2.19. The van der Waals surface area contributed by atoms with Gasteiger partial charge in [-0.25, -0.2) is 13.6 Å². The van der Waals surface area contributed by atoms with Crippen LogP contribution in [0.5, 0.6) is 0 Å². The third kappa shape index (κ3) is 4.51. The number of ether oxygens (including phenoxy) is 1. The minimum atomic E-state index is -1.33. The summed E-state index contributed by atoms with van der Waals surface area (Å²) in [6, 6.07) is 7.45. The van der Waals surface area contributed by atoms with Crippen LogP contribution >= 0.6 is 0 Å². The summed E-state index contributed by atoms with van der Waals surface area (Å²) in [5.41, 5.74) is 3.25. The molecular formula is C21H21F2NO3. The number of halogens is 2. The van der Waals surface area contributed by atoms with Crippen LogP contribution in [0.3, 0.4) is 0 Å². The summed E-state index contributed by atoms with van der Waals surface area (Å²) in [5.74, 6) is -2.94. The van der Waals surface area contributed by atoms with Crippen LogP contribution in [0.25, 0.3) is 0 Å². The smallest absolute Gasteiger partial charge is 0.333 e. The molecular weight excluding hydrogens is 352 g/mol. The van der Waals surface area contributed by atoms with E-state index in [1.54, 1.807) is 0 Å². The molecule has 0 spiro atoms. The number of amides is 1. The number of carbonyl (C=O) groups excluding carboxylic acids is 2. The molecule has 2 aromatic rings. The molecule has 1 N–H and O–H groups in total. The van der Waals surface area contributed by atoms with Crippen LogP contribution in [0, 0.1) is 11.6 Å². The monoisotopic (exact) mass is 373 g/mol. The Balaban J connectivity index is 1.75. The van der Waals surface area contributed by atoms with Gasteiger partial charge in [-0.2, -0.15) is 0 Å². The average Bonchev–Trinajstić information content (AvgIpc) is 2.66. The van der Waals surface area contributed by atoms with Crippen LogP contribution in [0.15, 0.2) is 36.4 Å². The van der Waals surface area contributed by atoms with E-state index >= 15 is 0 Å². The Bertz CT molecular complexity index is 867. The number of rotatable bonds is 5. The van der Waals surface area contributed by atoms with Crippen molar-refractivity contribution in [3.63, 3.8) is 0 Å². The van der Waals surface area contributed by atoms with E-state index in [2.05, 4.69) is 10.1 Å². The predicted molar refractivity (Wildman–Crippen MR) is 96.0 cm³/mol. The Hall–Kier alpha value is -2.76. The fourth-order valence-electron chi connectivity index (χ4n) is 3.41. The molecule has 1 amide bonds. The van der Waals surface area contributed by atoms with Gasteiger partial charge in [0.15, 0.2) is 6.04 Å². The number of benzene rings is 2. The molecule has 1 aliphatic rings. The maximum Gasteiger partial charge on any atom is 0.333 e. The van der Waals surface area contributed by atoms with Crippen LogP contribution in [-0.4, -0.2) is 19.0 Å².